The van der Waals surface area contributed by atoms with Crippen molar-refractivity contribution in [3.8, 4) is 0 Å². The molecule has 1 saturated heterocycles. The lowest BCUT2D eigenvalue weighted by molar-refractivity contribution is -0.130. The van der Waals surface area contributed by atoms with E-state index >= 15 is 0 Å². The van der Waals surface area contributed by atoms with Crippen LogP contribution in [0.15, 0.2) is 42.6 Å². The van der Waals surface area contributed by atoms with Gasteiger partial charge >= 0.3 is 0 Å². The van der Waals surface area contributed by atoms with Crippen molar-refractivity contribution in [2.24, 2.45) is 5.92 Å². The van der Waals surface area contributed by atoms with Crippen molar-refractivity contribution < 1.29 is 9.59 Å². The molecule has 1 aromatic carbocycles. The van der Waals surface area contributed by atoms with Crippen LogP contribution in [-0.2, 0) is 11.2 Å². The van der Waals surface area contributed by atoms with E-state index in [1.807, 2.05) is 55.1 Å². The van der Waals surface area contributed by atoms with E-state index in [2.05, 4.69) is 29.0 Å². The number of anilines is 1. The van der Waals surface area contributed by atoms with Crippen molar-refractivity contribution in [1.82, 2.24) is 15.2 Å². The number of nitrogens with zero attached hydrogens (tertiary/aromatic N) is 3. The topological polar surface area (TPSA) is 65.5 Å². The molecule has 2 amide bonds. The Labute approximate surface area is 185 Å². The fourth-order valence-corrected chi connectivity index (χ4v) is 4.05. The van der Waals surface area contributed by atoms with Crippen molar-refractivity contribution in [2.45, 2.75) is 46.6 Å². The van der Waals surface area contributed by atoms with Gasteiger partial charge in [-0.05, 0) is 49.4 Å². The summed E-state index contributed by atoms with van der Waals surface area (Å²) < 4.78 is 0. The van der Waals surface area contributed by atoms with Crippen LogP contribution in [-0.4, -0.2) is 53.9 Å². The minimum Gasteiger partial charge on any atom is -0.353 e. The Hall–Kier alpha value is -2.89. The number of hydrogen-bond donors (Lipinski definition) is 1. The van der Waals surface area contributed by atoms with Gasteiger partial charge in [0.1, 0.15) is 5.82 Å². The third-order valence-corrected chi connectivity index (χ3v) is 5.77. The molecule has 1 N–H and O–H groups in total. The van der Waals surface area contributed by atoms with E-state index in [4.69, 9.17) is 0 Å². The van der Waals surface area contributed by atoms with Gasteiger partial charge < -0.3 is 15.1 Å². The fraction of sp³-hybridized carbons (Fsp3) is 0.480. The summed E-state index contributed by atoms with van der Waals surface area (Å²) in [6.45, 7) is 11.2. The van der Waals surface area contributed by atoms with Gasteiger partial charge in [0.2, 0.25) is 5.91 Å². The molecule has 1 aromatic heterocycles. The standard InChI is InChI=1S/C25H34N4O2/c1-18(2)15-20(4)27-25(31)22-9-10-23(26-17-22)28-11-13-29(14-12-28)24(30)16-21-8-6-5-7-19(21)3/h5-10,17-18,20H,11-16H2,1-4H3,(H,27,31). The number of rotatable bonds is 7. The summed E-state index contributed by atoms with van der Waals surface area (Å²) in [5, 5.41) is 3.03. The third kappa shape index (κ3) is 6.29. The number of nitrogens with one attached hydrogen (secondary N) is 1. The number of amides is 2. The van der Waals surface area contributed by atoms with Gasteiger partial charge in [-0.3, -0.25) is 9.59 Å². The largest absolute Gasteiger partial charge is 0.353 e. The Morgan fingerprint density at radius 2 is 1.74 bits per heavy atom. The number of piperazine rings is 1. The van der Waals surface area contributed by atoms with E-state index in [9.17, 15) is 9.59 Å². The van der Waals surface area contributed by atoms with Crippen molar-refractivity contribution in [3.05, 3.63) is 59.3 Å². The number of aromatic nitrogens is 1. The van der Waals surface area contributed by atoms with E-state index in [0.717, 1.165) is 36.5 Å². The number of pyridine rings is 1. The molecule has 2 aromatic rings. The Morgan fingerprint density at radius 1 is 1.03 bits per heavy atom. The first-order valence-corrected chi connectivity index (χ1v) is 11.2. The van der Waals surface area contributed by atoms with Gasteiger partial charge in [0.15, 0.2) is 0 Å². The molecular weight excluding hydrogens is 388 g/mol. The highest BCUT2D eigenvalue weighted by molar-refractivity contribution is 5.94. The van der Waals surface area contributed by atoms with E-state index in [-0.39, 0.29) is 17.9 Å². The molecule has 3 rings (SSSR count). The van der Waals surface area contributed by atoms with Gasteiger partial charge in [-0.25, -0.2) is 4.98 Å². The predicted octanol–water partition coefficient (Wildman–Crippen LogP) is 3.45. The molecule has 0 spiro atoms. The molecule has 1 unspecified atom stereocenters. The minimum atomic E-state index is -0.0844. The van der Waals surface area contributed by atoms with Gasteiger partial charge in [-0.15, -0.1) is 0 Å². The summed E-state index contributed by atoms with van der Waals surface area (Å²) in [4.78, 5) is 33.7. The quantitative estimate of drug-likeness (QED) is 0.742. The molecule has 0 aliphatic carbocycles. The molecule has 1 aliphatic heterocycles. The average molecular weight is 423 g/mol. The molecule has 0 saturated carbocycles. The lowest BCUT2D eigenvalue weighted by Crippen LogP contribution is -2.49. The maximum atomic E-state index is 12.7. The van der Waals surface area contributed by atoms with Crippen LogP contribution >= 0.6 is 0 Å². The van der Waals surface area contributed by atoms with Crippen LogP contribution in [0, 0.1) is 12.8 Å². The number of carbonyl (C=O) groups excluding carboxylic acids is 2. The molecule has 0 bridgehead atoms. The minimum absolute atomic E-state index is 0.0844. The van der Waals surface area contributed by atoms with Crippen LogP contribution in [0.2, 0.25) is 0 Å². The second-order valence-corrected chi connectivity index (χ2v) is 8.88. The smallest absolute Gasteiger partial charge is 0.253 e. The third-order valence-electron chi connectivity index (χ3n) is 5.77. The molecular formula is C25H34N4O2. The molecule has 166 valence electrons. The zero-order valence-corrected chi connectivity index (χ0v) is 19.1. The molecule has 31 heavy (non-hydrogen) atoms. The van der Waals surface area contributed by atoms with Crippen LogP contribution in [0.3, 0.4) is 0 Å². The average Bonchev–Trinajstić information content (AvgIpc) is 2.75. The Balaban J connectivity index is 1.51. The molecule has 6 nitrogen and oxygen atoms in total. The first-order chi connectivity index (χ1) is 14.8. The lowest BCUT2D eigenvalue weighted by atomic mass is 10.0. The zero-order chi connectivity index (χ0) is 22.4. The SMILES string of the molecule is Cc1ccccc1CC(=O)N1CCN(c2ccc(C(=O)NC(C)CC(C)C)cn2)CC1. The van der Waals surface area contributed by atoms with Gasteiger partial charge in [-0.2, -0.15) is 0 Å². The van der Waals surface area contributed by atoms with Crippen molar-refractivity contribution in [1.29, 1.82) is 0 Å². The second kappa shape index (κ2) is 10.4. The summed E-state index contributed by atoms with van der Waals surface area (Å²) in [7, 11) is 0. The van der Waals surface area contributed by atoms with Gasteiger partial charge in [0, 0.05) is 38.4 Å². The monoisotopic (exact) mass is 422 g/mol. The number of aryl methyl sites for hydroxylation is 1. The summed E-state index contributed by atoms with van der Waals surface area (Å²) in [6.07, 6.45) is 3.04. The van der Waals surface area contributed by atoms with Crippen LogP contribution < -0.4 is 10.2 Å². The molecule has 0 radical (unpaired) electrons. The highest BCUT2D eigenvalue weighted by atomic mass is 16.2. The summed E-state index contributed by atoms with van der Waals surface area (Å²) >= 11 is 0. The normalized spacial score (nSPS) is 15.1. The van der Waals surface area contributed by atoms with Crippen molar-refractivity contribution in [3.63, 3.8) is 0 Å². The van der Waals surface area contributed by atoms with Gasteiger partial charge in [-0.1, -0.05) is 38.1 Å². The van der Waals surface area contributed by atoms with E-state index < -0.39 is 0 Å². The number of carbonyl (C=O) groups is 2. The van der Waals surface area contributed by atoms with E-state index in [1.54, 1.807) is 6.20 Å². The molecule has 1 fully saturated rings. The van der Waals surface area contributed by atoms with Crippen molar-refractivity contribution >= 4 is 17.6 Å². The van der Waals surface area contributed by atoms with Crippen molar-refractivity contribution in [2.75, 3.05) is 31.1 Å². The Morgan fingerprint density at radius 3 is 2.35 bits per heavy atom. The summed E-state index contributed by atoms with van der Waals surface area (Å²) in [5.41, 5.74) is 2.82. The van der Waals surface area contributed by atoms with Crippen LogP contribution in [0.4, 0.5) is 5.82 Å². The second-order valence-electron chi connectivity index (χ2n) is 8.88. The Kier molecular flexibility index (Phi) is 7.66. The predicted molar refractivity (Wildman–Crippen MR) is 124 cm³/mol. The van der Waals surface area contributed by atoms with E-state index in [0.29, 0.717) is 31.0 Å². The molecule has 6 heteroatoms. The first kappa shape index (κ1) is 22.8. The molecule has 1 aliphatic rings. The van der Waals surface area contributed by atoms with Gasteiger partial charge in [0.05, 0.1) is 12.0 Å². The molecule has 1 atom stereocenters. The van der Waals surface area contributed by atoms with E-state index in [1.165, 1.54) is 0 Å². The number of benzene rings is 1. The molecule has 2 heterocycles. The summed E-state index contributed by atoms with van der Waals surface area (Å²) in [6, 6.07) is 11.9. The maximum absolute atomic E-state index is 12.7. The fourth-order valence-electron chi connectivity index (χ4n) is 4.05. The zero-order valence-electron chi connectivity index (χ0n) is 19.1. The Bertz CT molecular complexity index is 887. The highest BCUT2D eigenvalue weighted by Gasteiger charge is 2.22. The van der Waals surface area contributed by atoms with Crippen LogP contribution in [0.25, 0.3) is 0 Å². The van der Waals surface area contributed by atoms with Gasteiger partial charge in [0.25, 0.3) is 5.91 Å². The van der Waals surface area contributed by atoms with Crippen LogP contribution in [0.1, 0.15) is 48.7 Å². The first-order valence-electron chi connectivity index (χ1n) is 11.2. The maximum Gasteiger partial charge on any atom is 0.253 e. The van der Waals surface area contributed by atoms with Crippen LogP contribution in [0.5, 0.6) is 0 Å². The number of hydrogen-bond acceptors (Lipinski definition) is 4. The summed E-state index contributed by atoms with van der Waals surface area (Å²) in [5.74, 6) is 1.47. The highest BCUT2D eigenvalue weighted by Crippen LogP contribution is 2.16. The lowest BCUT2D eigenvalue weighted by Gasteiger charge is -2.35.